The minimum atomic E-state index is -3.37. The van der Waals surface area contributed by atoms with E-state index in [2.05, 4.69) is 22.6 Å². The lowest BCUT2D eigenvalue weighted by Gasteiger charge is -2.17. The molecule has 0 aromatic carbocycles. The third-order valence-corrected chi connectivity index (χ3v) is 4.63. The van der Waals surface area contributed by atoms with Crippen molar-refractivity contribution in [2.75, 3.05) is 13.2 Å². The Balaban J connectivity index is 2.66. The lowest BCUT2D eigenvalue weighted by Crippen LogP contribution is -1.99. The van der Waals surface area contributed by atoms with E-state index in [1.165, 1.54) is 0 Å². The van der Waals surface area contributed by atoms with E-state index in [0.29, 0.717) is 13.2 Å². The first-order valence-electron chi connectivity index (χ1n) is 5.07. The third kappa shape index (κ3) is 4.06. The van der Waals surface area contributed by atoms with Crippen LogP contribution in [-0.2, 0) is 18.1 Å². The van der Waals surface area contributed by atoms with Gasteiger partial charge < -0.3 is 4.52 Å². The second-order valence-electron chi connectivity index (χ2n) is 3.06. The molecule has 0 aliphatic heterocycles. The molecule has 0 bridgehead atoms. The predicted molar refractivity (Wildman–Crippen MR) is 66.8 cm³/mol. The number of hydrogen-bond acceptors (Lipinski definition) is 4. The number of rotatable bonds is 6. The van der Waals surface area contributed by atoms with E-state index in [1.807, 2.05) is 0 Å². The second kappa shape index (κ2) is 6.23. The van der Waals surface area contributed by atoms with Crippen LogP contribution in [0.2, 0.25) is 0 Å². The lowest BCUT2D eigenvalue weighted by atomic mass is 10.4. The van der Waals surface area contributed by atoms with Gasteiger partial charge in [0.2, 0.25) is 0 Å². The first-order chi connectivity index (χ1) is 7.11. The summed E-state index contributed by atoms with van der Waals surface area (Å²) in [6.07, 6.45) is 2.86. The summed E-state index contributed by atoms with van der Waals surface area (Å²) >= 11 is 2.21. The molecule has 1 rings (SSSR count). The smallest absolute Gasteiger partial charge is 0.408 e. The summed E-state index contributed by atoms with van der Waals surface area (Å²) in [6, 6.07) is 0. The molecule has 0 aromatic rings. The van der Waals surface area contributed by atoms with Crippen molar-refractivity contribution in [2.24, 2.45) is 0 Å². The molecule has 6 heteroatoms. The first kappa shape index (κ1) is 13.5. The summed E-state index contributed by atoms with van der Waals surface area (Å²) in [4.78, 5) is 0. The second-order valence-corrected chi connectivity index (χ2v) is 5.95. The summed E-state index contributed by atoms with van der Waals surface area (Å²) in [6.45, 7) is 4.17. The van der Waals surface area contributed by atoms with Crippen LogP contribution in [0, 0.1) is 0 Å². The highest BCUT2D eigenvalue weighted by Crippen LogP contribution is 2.53. The molecule has 0 saturated carbocycles. The maximum atomic E-state index is 12.0. The Labute approximate surface area is 104 Å². The van der Waals surface area contributed by atoms with E-state index in [0.717, 1.165) is 28.6 Å². The predicted octanol–water partition coefficient (Wildman–Crippen LogP) is 4.01. The van der Waals surface area contributed by atoms with Gasteiger partial charge in [-0.05, 0) is 49.3 Å². The van der Waals surface area contributed by atoms with Crippen LogP contribution in [0.4, 0.5) is 0 Å². The van der Waals surface area contributed by atoms with Crippen LogP contribution in [0.1, 0.15) is 33.1 Å². The highest BCUT2D eigenvalue weighted by Gasteiger charge is 2.30. The molecule has 0 heterocycles. The molecule has 0 atom stereocenters. The molecule has 0 fully saturated rings. The van der Waals surface area contributed by atoms with Crippen molar-refractivity contribution < 1.29 is 18.1 Å². The molecule has 4 nitrogen and oxygen atoms in total. The molecule has 0 unspecified atom stereocenters. The lowest BCUT2D eigenvalue weighted by molar-refractivity contribution is 0.144. The molecule has 0 radical (unpaired) electrons. The Bertz CT molecular complexity index is 280. The maximum absolute atomic E-state index is 12.0. The van der Waals surface area contributed by atoms with Crippen molar-refractivity contribution in [1.29, 1.82) is 0 Å². The summed E-state index contributed by atoms with van der Waals surface area (Å²) in [7, 11) is -3.37. The Hall–Kier alpha value is 0.420. The molecule has 15 heavy (non-hydrogen) atoms. The molecular weight excluding hydrogens is 330 g/mol. The zero-order valence-electron chi connectivity index (χ0n) is 8.99. The number of phosphoric ester groups is 1. The zero-order valence-corrected chi connectivity index (χ0v) is 12.0. The van der Waals surface area contributed by atoms with Crippen LogP contribution in [0.5, 0.6) is 0 Å². The minimum absolute atomic E-state index is 0.321. The average Bonchev–Trinajstić information content (AvgIpc) is 2.52. The van der Waals surface area contributed by atoms with E-state index in [9.17, 15) is 4.57 Å². The van der Waals surface area contributed by atoms with E-state index < -0.39 is 7.82 Å². The maximum Gasteiger partial charge on any atom is 0.529 e. The number of phosphoric acid groups is 1. The standard InChI is InChI=1S/C9H16IO4P/c1-3-12-15(11,13-4-2)14-9-7-5-6-8(9)10/h3-7H2,1-2H3. The molecule has 0 aromatic heterocycles. The summed E-state index contributed by atoms with van der Waals surface area (Å²) in [5, 5.41) is 0. The van der Waals surface area contributed by atoms with Gasteiger partial charge in [-0.3, -0.25) is 9.05 Å². The third-order valence-electron chi connectivity index (χ3n) is 1.90. The van der Waals surface area contributed by atoms with Crippen LogP contribution in [0.25, 0.3) is 0 Å². The highest BCUT2D eigenvalue weighted by molar-refractivity contribution is 14.1. The zero-order chi connectivity index (χ0) is 11.3. The van der Waals surface area contributed by atoms with Crippen LogP contribution in [-0.4, -0.2) is 13.2 Å². The van der Waals surface area contributed by atoms with Gasteiger partial charge in [0.25, 0.3) is 0 Å². The van der Waals surface area contributed by atoms with Crippen molar-refractivity contribution in [2.45, 2.75) is 33.1 Å². The monoisotopic (exact) mass is 346 g/mol. The fourth-order valence-corrected chi connectivity index (χ4v) is 3.53. The van der Waals surface area contributed by atoms with Crippen LogP contribution < -0.4 is 0 Å². The Morgan fingerprint density at radius 2 is 1.87 bits per heavy atom. The van der Waals surface area contributed by atoms with Gasteiger partial charge >= 0.3 is 7.82 Å². The van der Waals surface area contributed by atoms with Crippen molar-refractivity contribution in [3.8, 4) is 0 Å². The Morgan fingerprint density at radius 3 is 2.27 bits per heavy atom. The van der Waals surface area contributed by atoms with E-state index in [4.69, 9.17) is 13.6 Å². The van der Waals surface area contributed by atoms with Gasteiger partial charge in [-0.1, -0.05) is 0 Å². The minimum Gasteiger partial charge on any atom is -0.408 e. The molecule has 0 amide bonds. The van der Waals surface area contributed by atoms with Gasteiger partial charge in [0, 0.05) is 10.0 Å². The molecule has 1 aliphatic rings. The van der Waals surface area contributed by atoms with Gasteiger partial charge in [-0.2, -0.15) is 0 Å². The number of halogens is 1. The van der Waals surface area contributed by atoms with Crippen molar-refractivity contribution in [1.82, 2.24) is 0 Å². The summed E-state index contributed by atoms with van der Waals surface area (Å²) < 4.78 is 28.6. The molecule has 88 valence electrons. The highest BCUT2D eigenvalue weighted by atomic mass is 127. The fraction of sp³-hybridized carbons (Fsp3) is 0.778. The summed E-state index contributed by atoms with van der Waals surface area (Å²) in [5.74, 6) is 0.765. The first-order valence-corrected chi connectivity index (χ1v) is 7.61. The quantitative estimate of drug-likeness (QED) is 0.538. The van der Waals surface area contributed by atoms with Crippen molar-refractivity contribution in [3.05, 3.63) is 9.34 Å². The van der Waals surface area contributed by atoms with E-state index in [-0.39, 0.29) is 0 Å². The molecule has 0 saturated heterocycles. The SMILES string of the molecule is CCOP(=O)(OCC)OC1=C(I)CCC1. The van der Waals surface area contributed by atoms with E-state index >= 15 is 0 Å². The van der Waals surface area contributed by atoms with Crippen molar-refractivity contribution in [3.63, 3.8) is 0 Å². The topological polar surface area (TPSA) is 44.8 Å². The van der Waals surface area contributed by atoms with Gasteiger partial charge in [0.1, 0.15) is 5.76 Å². The Kier molecular flexibility index (Phi) is 5.60. The average molecular weight is 346 g/mol. The van der Waals surface area contributed by atoms with Crippen LogP contribution in [0.15, 0.2) is 9.34 Å². The molecule has 1 aliphatic carbocycles. The van der Waals surface area contributed by atoms with Gasteiger partial charge in [0.15, 0.2) is 0 Å². The van der Waals surface area contributed by atoms with Gasteiger partial charge in [0.05, 0.1) is 13.2 Å². The van der Waals surface area contributed by atoms with Crippen LogP contribution >= 0.6 is 30.4 Å². The Morgan fingerprint density at radius 1 is 1.27 bits per heavy atom. The summed E-state index contributed by atoms with van der Waals surface area (Å²) in [5.41, 5.74) is 0. The van der Waals surface area contributed by atoms with Gasteiger partial charge in [-0.25, -0.2) is 4.57 Å². The van der Waals surface area contributed by atoms with E-state index in [1.54, 1.807) is 13.8 Å². The molecule has 0 spiro atoms. The number of hydrogen-bond donors (Lipinski definition) is 0. The number of allylic oxidation sites excluding steroid dienone is 2. The molecule has 0 N–H and O–H groups in total. The fourth-order valence-electron chi connectivity index (χ4n) is 1.32. The van der Waals surface area contributed by atoms with Crippen LogP contribution in [0.3, 0.4) is 0 Å². The van der Waals surface area contributed by atoms with Gasteiger partial charge in [-0.15, -0.1) is 0 Å². The largest absolute Gasteiger partial charge is 0.529 e. The van der Waals surface area contributed by atoms with Crippen molar-refractivity contribution >= 4 is 30.4 Å². The molecular formula is C9H16IO4P. The normalized spacial score (nSPS) is 17.3.